The zero-order valence-corrected chi connectivity index (χ0v) is 15.5. The summed E-state index contributed by atoms with van der Waals surface area (Å²) in [5.41, 5.74) is 5.03. The Labute approximate surface area is 159 Å². The maximum Gasteiger partial charge on any atom is 0.120 e. The SMILES string of the molecule is C=Cc1cccc(C#Cc2c(C#N)c3ccc(OC)cc3n2CC)c1C=C. The molecule has 1 aromatic heterocycles. The fourth-order valence-electron chi connectivity index (χ4n) is 3.25. The van der Waals surface area contributed by atoms with Gasteiger partial charge in [0, 0.05) is 23.6 Å². The monoisotopic (exact) mass is 352 g/mol. The van der Waals surface area contributed by atoms with Crippen LogP contribution in [0.1, 0.15) is 34.9 Å². The number of rotatable bonds is 4. The van der Waals surface area contributed by atoms with E-state index in [0.717, 1.165) is 33.3 Å². The predicted molar refractivity (Wildman–Crippen MR) is 111 cm³/mol. The van der Waals surface area contributed by atoms with Gasteiger partial charge in [-0.1, -0.05) is 43.4 Å². The summed E-state index contributed by atoms with van der Waals surface area (Å²) < 4.78 is 7.39. The van der Waals surface area contributed by atoms with E-state index in [1.807, 2.05) is 47.9 Å². The summed E-state index contributed by atoms with van der Waals surface area (Å²) in [6.07, 6.45) is 3.57. The highest BCUT2D eigenvalue weighted by Gasteiger charge is 2.15. The molecule has 0 aliphatic heterocycles. The van der Waals surface area contributed by atoms with Crippen molar-refractivity contribution >= 4 is 23.1 Å². The van der Waals surface area contributed by atoms with Crippen molar-refractivity contribution in [1.82, 2.24) is 4.57 Å². The second kappa shape index (κ2) is 7.68. The van der Waals surface area contributed by atoms with Gasteiger partial charge in [0.1, 0.15) is 17.5 Å². The van der Waals surface area contributed by atoms with Crippen LogP contribution in [0.2, 0.25) is 0 Å². The first kappa shape index (κ1) is 18.1. The first-order valence-electron chi connectivity index (χ1n) is 8.68. The molecule has 0 atom stereocenters. The first-order valence-corrected chi connectivity index (χ1v) is 8.68. The molecule has 3 heteroatoms. The zero-order valence-electron chi connectivity index (χ0n) is 15.5. The largest absolute Gasteiger partial charge is 0.497 e. The fourth-order valence-corrected chi connectivity index (χ4v) is 3.25. The van der Waals surface area contributed by atoms with Crippen molar-refractivity contribution < 1.29 is 4.74 Å². The number of ether oxygens (including phenoxy) is 1. The first-order chi connectivity index (χ1) is 13.2. The number of aryl methyl sites for hydroxylation is 1. The number of hydrogen-bond donors (Lipinski definition) is 0. The van der Waals surface area contributed by atoms with E-state index in [-0.39, 0.29) is 0 Å². The zero-order chi connectivity index (χ0) is 19.4. The second-order valence-electron chi connectivity index (χ2n) is 5.93. The van der Waals surface area contributed by atoms with Gasteiger partial charge in [0.25, 0.3) is 0 Å². The highest BCUT2D eigenvalue weighted by atomic mass is 16.5. The average Bonchev–Trinajstić information content (AvgIpc) is 3.02. The van der Waals surface area contributed by atoms with Crippen LogP contribution in [0.5, 0.6) is 5.75 Å². The maximum absolute atomic E-state index is 9.74. The summed E-state index contributed by atoms with van der Waals surface area (Å²) in [4.78, 5) is 0. The molecule has 0 aliphatic rings. The van der Waals surface area contributed by atoms with Crippen LogP contribution < -0.4 is 4.74 Å². The lowest BCUT2D eigenvalue weighted by Gasteiger charge is -2.05. The Bertz CT molecular complexity index is 1150. The third-order valence-electron chi connectivity index (χ3n) is 4.58. The molecule has 0 saturated carbocycles. The van der Waals surface area contributed by atoms with Crippen molar-refractivity contribution in [2.75, 3.05) is 7.11 Å². The Kier molecular flexibility index (Phi) is 5.15. The van der Waals surface area contributed by atoms with Crippen LogP contribution >= 0.6 is 0 Å². The van der Waals surface area contributed by atoms with Gasteiger partial charge in [-0.25, -0.2) is 0 Å². The Balaban J connectivity index is 2.26. The molecule has 3 nitrogen and oxygen atoms in total. The maximum atomic E-state index is 9.74. The predicted octanol–water partition coefficient (Wildman–Crippen LogP) is 5.23. The van der Waals surface area contributed by atoms with Crippen LogP contribution in [0.3, 0.4) is 0 Å². The van der Waals surface area contributed by atoms with Gasteiger partial charge in [0.2, 0.25) is 0 Å². The van der Waals surface area contributed by atoms with E-state index in [9.17, 15) is 5.26 Å². The van der Waals surface area contributed by atoms with Crippen LogP contribution in [0.4, 0.5) is 0 Å². The number of methoxy groups -OCH3 is 1. The standard InChI is InChI=1S/C24H20N2O/c1-5-17-9-8-10-18(20(17)6-2)11-14-23-22(16-25)21-13-12-19(27-4)15-24(21)26(23)7-3/h5-6,8-10,12-13,15H,1-2,7H2,3-4H3. The number of hydrogen-bond acceptors (Lipinski definition) is 2. The minimum absolute atomic E-state index is 0.585. The highest BCUT2D eigenvalue weighted by Crippen LogP contribution is 2.29. The Morgan fingerprint density at radius 2 is 1.96 bits per heavy atom. The Hall–Kier alpha value is -3.69. The molecule has 0 fully saturated rings. The molecule has 132 valence electrons. The molecule has 1 heterocycles. The molecule has 0 bridgehead atoms. The number of fused-ring (bicyclic) bond motifs is 1. The molecule has 2 aromatic carbocycles. The van der Waals surface area contributed by atoms with Crippen molar-refractivity contribution in [3.05, 3.63) is 77.5 Å². The molecule has 0 aliphatic carbocycles. The van der Waals surface area contributed by atoms with Crippen LogP contribution in [0.25, 0.3) is 23.1 Å². The van der Waals surface area contributed by atoms with Crippen molar-refractivity contribution in [2.24, 2.45) is 0 Å². The molecule has 0 unspecified atom stereocenters. The number of nitrogens with zero attached hydrogens (tertiary/aromatic N) is 2. The minimum atomic E-state index is 0.585. The van der Waals surface area contributed by atoms with E-state index in [1.165, 1.54) is 0 Å². The number of aromatic nitrogens is 1. The average molecular weight is 352 g/mol. The van der Waals surface area contributed by atoms with E-state index in [2.05, 4.69) is 31.1 Å². The molecule has 0 amide bonds. The summed E-state index contributed by atoms with van der Waals surface area (Å²) in [5.74, 6) is 7.20. The van der Waals surface area contributed by atoms with Gasteiger partial charge in [-0.2, -0.15) is 5.26 Å². The van der Waals surface area contributed by atoms with Crippen molar-refractivity contribution in [3.63, 3.8) is 0 Å². The lowest BCUT2D eigenvalue weighted by Crippen LogP contribution is -1.98. The highest BCUT2D eigenvalue weighted by molar-refractivity contribution is 5.90. The van der Waals surface area contributed by atoms with Gasteiger partial charge in [-0.15, -0.1) is 0 Å². The van der Waals surface area contributed by atoms with E-state index >= 15 is 0 Å². The fraction of sp³-hybridized carbons (Fsp3) is 0.125. The number of nitriles is 1. The molecule has 0 N–H and O–H groups in total. The molecule has 3 aromatic rings. The van der Waals surface area contributed by atoms with E-state index in [1.54, 1.807) is 19.3 Å². The lowest BCUT2D eigenvalue weighted by atomic mass is 10.0. The second-order valence-corrected chi connectivity index (χ2v) is 5.93. The Morgan fingerprint density at radius 1 is 1.15 bits per heavy atom. The van der Waals surface area contributed by atoms with Crippen molar-refractivity contribution in [2.45, 2.75) is 13.5 Å². The van der Waals surface area contributed by atoms with Gasteiger partial charge >= 0.3 is 0 Å². The van der Waals surface area contributed by atoms with Crippen LogP contribution in [0, 0.1) is 23.2 Å². The molecule has 27 heavy (non-hydrogen) atoms. The van der Waals surface area contributed by atoms with Crippen LogP contribution in [-0.4, -0.2) is 11.7 Å². The molecular formula is C24H20N2O. The summed E-state index contributed by atoms with van der Waals surface area (Å²) in [7, 11) is 1.63. The lowest BCUT2D eigenvalue weighted by molar-refractivity contribution is 0.415. The molecule has 0 spiro atoms. The van der Waals surface area contributed by atoms with Gasteiger partial charge in [-0.05, 0) is 42.2 Å². The minimum Gasteiger partial charge on any atom is -0.497 e. The normalized spacial score (nSPS) is 9.96. The molecule has 3 rings (SSSR count). The summed E-state index contributed by atoms with van der Waals surface area (Å²) >= 11 is 0. The smallest absolute Gasteiger partial charge is 0.120 e. The summed E-state index contributed by atoms with van der Waals surface area (Å²) in [6.45, 7) is 10.5. The van der Waals surface area contributed by atoms with E-state index < -0.39 is 0 Å². The van der Waals surface area contributed by atoms with Crippen LogP contribution in [0.15, 0.2) is 49.6 Å². The van der Waals surface area contributed by atoms with E-state index in [0.29, 0.717) is 17.8 Å². The topological polar surface area (TPSA) is 37.9 Å². The van der Waals surface area contributed by atoms with Crippen molar-refractivity contribution in [1.29, 1.82) is 5.26 Å². The summed E-state index contributed by atoms with van der Waals surface area (Å²) in [6, 6.07) is 13.9. The van der Waals surface area contributed by atoms with Crippen LogP contribution in [-0.2, 0) is 6.54 Å². The van der Waals surface area contributed by atoms with Gasteiger partial charge in [0.15, 0.2) is 0 Å². The van der Waals surface area contributed by atoms with E-state index in [4.69, 9.17) is 4.74 Å². The molecule has 0 saturated heterocycles. The Morgan fingerprint density at radius 3 is 2.59 bits per heavy atom. The van der Waals surface area contributed by atoms with Gasteiger partial charge in [-0.3, -0.25) is 0 Å². The summed E-state index contributed by atoms with van der Waals surface area (Å²) in [5, 5.41) is 10.6. The third-order valence-corrected chi connectivity index (χ3v) is 4.58. The van der Waals surface area contributed by atoms with Gasteiger partial charge in [0.05, 0.1) is 18.2 Å². The molecular weight excluding hydrogens is 332 g/mol. The third kappa shape index (κ3) is 3.12. The quantitative estimate of drug-likeness (QED) is 0.603. The number of benzene rings is 2. The van der Waals surface area contributed by atoms with Gasteiger partial charge < -0.3 is 9.30 Å². The van der Waals surface area contributed by atoms with Crippen molar-refractivity contribution in [3.8, 4) is 23.7 Å². The molecule has 0 radical (unpaired) electrons.